The molecule has 2 fully saturated rings. The van der Waals surface area contributed by atoms with Gasteiger partial charge in [-0.15, -0.1) is 11.3 Å². The summed E-state index contributed by atoms with van der Waals surface area (Å²) in [4.78, 5) is 5.62. The minimum Gasteiger partial charge on any atom is -0.314 e. The van der Waals surface area contributed by atoms with E-state index in [-0.39, 0.29) is 0 Å². The number of likely N-dealkylation sites (tertiary alicyclic amines) is 1. The Kier molecular flexibility index (Phi) is 4.25. The van der Waals surface area contributed by atoms with Crippen LogP contribution in [0.2, 0.25) is 0 Å². The highest BCUT2D eigenvalue weighted by atomic mass is 32.1. The first-order valence-electron chi connectivity index (χ1n) is 7.74. The van der Waals surface area contributed by atoms with Crippen molar-refractivity contribution in [2.75, 3.05) is 19.6 Å². The summed E-state index contributed by atoms with van der Waals surface area (Å²) < 4.78 is 0. The maximum Gasteiger partial charge on any atom is 0.0244 e. The van der Waals surface area contributed by atoms with E-state index in [2.05, 4.69) is 30.1 Å². The molecule has 1 atom stereocenters. The SMILES string of the molecule is Cc1cc(CN2CCC(C3CCCN3)CC2)c(C)s1. The topological polar surface area (TPSA) is 15.3 Å². The molecule has 0 saturated carbocycles. The van der Waals surface area contributed by atoms with Crippen molar-refractivity contribution in [3.63, 3.8) is 0 Å². The molecule has 0 aromatic carbocycles. The standard InChI is InChI=1S/C16H26N2S/c1-12-10-15(13(2)19-12)11-18-8-5-14(6-9-18)16-4-3-7-17-16/h10,14,16-17H,3-9,11H2,1-2H3. The van der Waals surface area contributed by atoms with Gasteiger partial charge in [0.15, 0.2) is 0 Å². The number of rotatable bonds is 3. The summed E-state index contributed by atoms with van der Waals surface area (Å²) in [5.41, 5.74) is 1.56. The Morgan fingerprint density at radius 2 is 2.05 bits per heavy atom. The van der Waals surface area contributed by atoms with Crippen molar-refractivity contribution < 1.29 is 0 Å². The van der Waals surface area contributed by atoms with Crippen LogP contribution >= 0.6 is 11.3 Å². The van der Waals surface area contributed by atoms with Gasteiger partial charge in [0.25, 0.3) is 0 Å². The van der Waals surface area contributed by atoms with Crippen LogP contribution in [0.5, 0.6) is 0 Å². The van der Waals surface area contributed by atoms with E-state index >= 15 is 0 Å². The molecular formula is C16H26N2S. The van der Waals surface area contributed by atoms with Gasteiger partial charge in [-0.1, -0.05) is 0 Å². The van der Waals surface area contributed by atoms with E-state index in [0.717, 1.165) is 12.0 Å². The van der Waals surface area contributed by atoms with Gasteiger partial charge in [0.2, 0.25) is 0 Å². The van der Waals surface area contributed by atoms with Crippen LogP contribution in [0, 0.1) is 19.8 Å². The van der Waals surface area contributed by atoms with Crippen molar-refractivity contribution in [2.45, 2.75) is 52.1 Å². The van der Waals surface area contributed by atoms with Crippen LogP contribution in [0.3, 0.4) is 0 Å². The van der Waals surface area contributed by atoms with Crippen molar-refractivity contribution in [1.29, 1.82) is 0 Å². The monoisotopic (exact) mass is 278 g/mol. The first-order chi connectivity index (χ1) is 9.22. The minimum atomic E-state index is 0.826. The van der Waals surface area contributed by atoms with Gasteiger partial charge in [-0.25, -0.2) is 0 Å². The molecule has 19 heavy (non-hydrogen) atoms. The Bertz CT molecular complexity index is 412. The van der Waals surface area contributed by atoms with Gasteiger partial charge in [0.05, 0.1) is 0 Å². The second kappa shape index (κ2) is 5.94. The highest BCUT2D eigenvalue weighted by molar-refractivity contribution is 7.12. The van der Waals surface area contributed by atoms with Crippen LogP contribution in [0.4, 0.5) is 0 Å². The molecule has 0 radical (unpaired) electrons. The van der Waals surface area contributed by atoms with E-state index < -0.39 is 0 Å². The molecule has 1 aromatic rings. The molecular weight excluding hydrogens is 252 g/mol. The third-order valence-electron chi connectivity index (χ3n) is 4.84. The number of aryl methyl sites for hydroxylation is 2. The molecule has 0 bridgehead atoms. The van der Waals surface area contributed by atoms with Crippen LogP contribution in [0.15, 0.2) is 6.07 Å². The Balaban J connectivity index is 1.51. The maximum atomic E-state index is 3.69. The van der Waals surface area contributed by atoms with Gasteiger partial charge in [0.1, 0.15) is 0 Å². The fourth-order valence-corrected chi connectivity index (χ4v) is 4.65. The van der Waals surface area contributed by atoms with E-state index in [1.54, 1.807) is 5.56 Å². The molecule has 2 aliphatic rings. The highest BCUT2D eigenvalue weighted by Crippen LogP contribution is 2.28. The minimum absolute atomic E-state index is 0.826. The van der Waals surface area contributed by atoms with Crippen LogP contribution < -0.4 is 5.32 Å². The second-order valence-electron chi connectivity index (χ2n) is 6.25. The smallest absolute Gasteiger partial charge is 0.0244 e. The summed E-state index contributed by atoms with van der Waals surface area (Å²) in [6.45, 7) is 9.48. The fraction of sp³-hybridized carbons (Fsp3) is 0.750. The molecule has 2 aliphatic heterocycles. The number of hydrogen-bond donors (Lipinski definition) is 1. The molecule has 1 aromatic heterocycles. The third-order valence-corrected chi connectivity index (χ3v) is 5.85. The molecule has 106 valence electrons. The summed E-state index contributed by atoms with van der Waals surface area (Å²) in [5, 5.41) is 3.69. The summed E-state index contributed by atoms with van der Waals surface area (Å²) in [6.07, 6.45) is 5.57. The zero-order valence-electron chi connectivity index (χ0n) is 12.2. The second-order valence-corrected chi connectivity index (χ2v) is 7.72. The summed E-state index contributed by atoms with van der Waals surface area (Å²) in [5.74, 6) is 0.934. The van der Waals surface area contributed by atoms with Crippen molar-refractivity contribution in [2.24, 2.45) is 5.92 Å². The molecule has 0 amide bonds. The zero-order valence-corrected chi connectivity index (χ0v) is 13.1. The molecule has 3 heteroatoms. The highest BCUT2D eigenvalue weighted by Gasteiger charge is 2.28. The number of thiophene rings is 1. The fourth-order valence-electron chi connectivity index (χ4n) is 3.71. The lowest BCUT2D eigenvalue weighted by molar-refractivity contribution is 0.157. The molecule has 0 aliphatic carbocycles. The van der Waals surface area contributed by atoms with Crippen LogP contribution in [-0.4, -0.2) is 30.6 Å². The quantitative estimate of drug-likeness (QED) is 0.912. The maximum absolute atomic E-state index is 3.69. The first kappa shape index (κ1) is 13.6. The Morgan fingerprint density at radius 1 is 1.26 bits per heavy atom. The van der Waals surface area contributed by atoms with Crippen LogP contribution in [-0.2, 0) is 6.54 Å². The van der Waals surface area contributed by atoms with Gasteiger partial charge >= 0.3 is 0 Å². The average molecular weight is 278 g/mol. The Morgan fingerprint density at radius 3 is 2.63 bits per heavy atom. The first-order valence-corrected chi connectivity index (χ1v) is 8.55. The van der Waals surface area contributed by atoms with Crippen molar-refractivity contribution >= 4 is 11.3 Å². The summed E-state index contributed by atoms with van der Waals surface area (Å²) in [6, 6.07) is 3.21. The summed E-state index contributed by atoms with van der Waals surface area (Å²) in [7, 11) is 0. The van der Waals surface area contributed by atoms with Gasteiger partial charge in [-0.2, -0.15) is 0 Å². The van der Waals surface area contributed by atoms with Crippen LogP contribution in [0.25, 0.3) is 0 Å². The lowest BCUT2D eigenvalue weighted by atomic mass is 9.88. The van der Waals surface area contributed by atoms with Crippen molar-refractivity contribution in [3.05, 3.63) is 21.4 Å². The van der Waals surface area contributed by atoms with E-state index in [1.807, 2.05) is 11.3 Å². The predicted octanol–water partition coefficient (Wildman–Crippen LogP) is 3.33. The Hall–Kier alpha value is -0.380. The lowest BCUT2D eigenvalue weighted by Crippen LogP contribution is -2.40. The largest absolute Gasteiger partial charge is 0.314 e. The molecule has 0 spiro atoms. The van der Waals surface area contributed by atoms with E-state index in [4.69, 9.17) is 0 Å². The predicted molar refractivity (Wildman–Crippen MR) is 82.8 cm³/mol. The van der Waals surface area contributed by atoms with Crippen molar-refractivity contribution in [1.82, 2.24) is 10.2 Å². The number of nitrogens with one attached hydrogen (secondary N) is 1. The molecule has 2 nitrogen and oxygen atoms in total. The van der Waals surface area contributed by atoms with Gasteiger partial charge in [-0.3, -0.25) is 4.90 Å². The van der Waals surface area contributed by atoms with Crippen LogP contribution in [0.1, 0.15) is 41.0 Å². The van der Waals surface area contributed by atoms with Crippen molar-refractivity contribution in [3.8, 4) is 0 Å². The Labute approximate surface area is 121 Å². The molecule has 1 N–H and O–H groups in total. The molecule has 3 heterocycles. The van der Waals surface area contributed by atoms with Gasteiger partial charge in [-0.05, 0) is 76.7 Å². The van der Waals surface area contributed by atoms with E-state index in [0.29, 0.717) is 0 Å². The number of piperidine rings is 1. The third kappa shape index (κ3) is 3.21. The normalized spacial score (nSPS) is 26.1. The van der Waals surface area contributed by atoms with E-state index in [1.165, 1.54) is 61.6 Å². The van der Waals surface area contributed by atoms with Gasteiger partial charge < -0.3 is 5.32 Å². The summed E-state index contributed by atoms with van der Waals surface area (Å²) >= 11 is 1.94. The molecule has 1 unspecified atom stereocenters. The average Bonchev–Trinajstić information content (AvgIpc) is 3.01. The molecule has 2 saturated heterocycles. The number of nitrogens with zero attached hydrogens (tertiary/aromatic N) is 1. The zero-order chi connectivity index (χ0) is 13.2. The van der Waals surface area contributed by atoms with E-state index in [9.17, 15) is 0 Å². The van der Waals surface area contributed by atoms with Gasteiger partial charge in [0, 0.05) is 22.3 Å². The molecule has 3 rings (SSSR count). The lowest BCUT2D eigenvalue weighted by Gasteiger charge is -2.34. The number of hydrogen-bond acceptors (Lipinski definition) is 3.